The van der Waals surface area contributed by atoms with Gasteiger partial charge in [-0.25, -0.2) is 8.42 Å². The van der Waals surface area contributed by atoms with E-state index >= 15 is 0 Å². The quantitative estimate of drug-likeness (QED) is 0.463. The van der Waals surface area contributed by atoms with Gasteiger partial charge >= 0.3 is 0 Å². The topological polar surface area (TPSA) is 80.1 Å². The molecule has 0 unspecified atom stereocenters. The Bertz CT molecular complexity index is 1130. The van der Waals surface area contributed by atoms with E-state index in [0.29, 0.717) is 24.7 Å². The predicted octanol–water partition coefficient (Wildman–Crippen LogP) is 3.84. The molecule has 0 aliphatic heterocycles. The molecule has 0 radical (unpaired) electrons. The van der Waals surface area contributed by atoms with Gasteiger partial charge in [-0.1, -0.05) is 24.3 Å². The van der Waals surface area contributed by atoms with Crippen LogP contribution in [0.15, 0.2) is 76.2 Å². The van der Waals surface area contributed by atoms with E-state index in [0.717, 1.165) is 15.4 Å². The molecule has 1 heterocycles. The lowest BCUT2D eigenvalue weighted by molar-refractivity contribution is -0.130. The second-order valence-corrected chi connectivity index (χ2v) is 9.37. The Morgan fingerprint density at radius 2 is 1.72 bits per heavy atom. The van der Waals surface area contributed by atoms with Crippen molar-refractivity contribution in [1.29, 1.82) is 0 Å². The zero-order valence-electron chi connectivity index (χ0n) is 18.5. The van der Waals surface area contributed by atoms with Crippen LogP contribution in [0.2, 0.25) is 0 Å². The van der Waals surface area contributed by atoms with E-state index in [9.17, 15) is 13.2 Å². The molecule has 0 saturated heterocycles. The molecule has 0 spiro atoms. The second-order valence-electron chi connectivity index (χ2n) is 7.43. The average Bonchev–Trinajstić information content (AvgIpc) is 3.28. The van der Waals surface area contributed by atoms with Gasteiger partial charge in [0, 0.05) is 13.6 Å². The van der Waals surface area contributed by atoms with Crippen LogP contribution in [-0.2, 0) is 27.9 Å². The maximum Gasteiger partial charge on any atom is 0.243 e. The number of amides is 1. The van der Waals surface area contributed by atoms with Crippen LogP contribution < -0.4 is 4.74 Å². The largest absolute Gasteiger partial charge is 0.494 e. The lowest BCUT2D eigenvalue weighted by Crippen LogP contribution is -2.40. The fourth-order valence-electron chi connectivity index (χ4n) is 3.23. The molecule has 170 valence electrons. The van der Waals surface area contributed by atoms with Crippen molar-refractivity contribution in [2.24, 2.45) is 0 Å². The second kappa shape index (κ2) is 10.5. The summed E-state index contributed by atoms with van der Waals surface area (Å²) >= 11 is 0. The number of nitrogens with zero attached hydrogens (tertiary/aromatic N) is 2. The fourth-order valence-corrected chi connectivity index (χ4v) is 4.58. The Balaban J connectivity index is 1.81. The SMILES string of the molecule is CCOc1ccc(S(=O)(=O)N(CC(=O)N(C)Cc2ccccc2C)Cc2ccco2)cc1. The first kappa shape index (κ1) is 23.6. The van der Waals surface area contributed by atoms with Crippen LogP contribution in [0.5, 0.6) is 5.75 Å². The molecule has 2 aromatic carbocycles. The van der Waals surface area contributed by atoms with Gasteiger partial charge in [0.25, 0.3) is 0 Å². The van der Waals surface area contributed by atoms with Gasteiger partial charge in [-0.05, 0) is 61.4 Å². The molecular weight excluding hydrogens is 428 g/mol. The Hall–Kier alpha value is -3.10. The number of ether oxygens (including phenoxy) is 1. The highest BCUT2D eigenvalue weighted by atomic mass is 32.2. The summed E-state index contributed by atoms with van der Waals surface area (Å²) in [6.45, 7) is 4.36. The molecule has 0 atom stereocenters. The van der Waals surface area contributed by atoms with Gasteiger partial charge in [0.1, 0.15) is 11.5 Å². The minimum absolute atomic E-state index is 0.0491. The molecule has 0 bridgehead atoms. The summed E-state index contributed by atoms with van der Waals surface area (Å²) in [7, 11) is -2.28. The number of aryl methyl sites for hydroxylation is 1. The van der Waals surface area contributed by atoms with E-state index in [4.69, 9.17) is 9.15 Å². The van der Waals surface area contributed by atoms with Crippen molar-refractivity contribution in [1.82, 2.24) is 9.21 Å². The van der Waals surface area contributed by atoms with Gasteiger partial charge in [0.15, 0.2) is 0 Å². The first-order valence-corrected chi connectivity index (χ1v) is 11.8. The summed E-state index contributed by atoms with van der Waals surface area (Å²) < 4.78 is 38.6. The molecule has 0 aliphatic carbocycles. The summed E-state index contributed by atoms with van der Waals surface area (Å²) in [5, 5.41) is 0. The highest BCUT2D eigenvalue weighted by Crippen LogP contribution is 2.22. The Morgan fingerprint density at radius 1 is 1.00 bits per heavy atom. The fraction of sp³-hybridized carbons (Fsp3) is 0.292. The summed E-state index contributed by atoms with van der Waals surface area (Å²) in [6.07, 6.45) is 1.48. The van der Waals surface area contributed by atoms with Crippen LogP contribution in [0.1, 0.15) is 23.8 Å². The van der Waals surface area contributed by atoms with Crippen molar-refractivity contribution < 1.29 is 22.4 Å². The van der Waals surface area contributed by atoms with Crippen molar-refractivity contribution in [2.45, 2.75) is 31.8 Å². The smallest absolute Gasteiger partial charge is 0.243 e. The van der Waals surface area contributed by atoms with Gasteiger partial charge < -0.3 is 14.1 Å². The number of hydrogen-bond acceptors (Lipinski definition) is 5. The predicted molar refractivity (Wildman–Crippen MR) is 122 cm³/mol. The Kier molecular flexibility index (Phi) is 7.71. The first-order chi connectivity index (χ1) is 15.3. The van der Waals surface area contributed by atoms with E-state index in [2.05, 4.69) is 0 Å². The van der Waals surface area contributed by atoms with Crippen LogP contribution >= 0.6 is 0 Å². The molecule has 3 aromatic rings. The van der Waals surface area contributed by atoms with E-state index in [1.165, 1.54) is 23.3 Å². The Morgan fingerprint density at radius 3 is 2.34 bits per heavy atom. The highest BCUT2D eigenvalue weighted by molar-refractivity contribution is 7.89. The third-order valence-corrected chi connectivity index (χ3v) is 6.90. The Labute approximate surface area is 189 Å². The highest BCUT2D eigenvalue weighted by Gasteiger charge is 2.29. The molecule has 0 saturated carbocycles. The van der Waals surface area contributed by atoms with E-state index in [1.807, 2.05) is 38.1 Å². The summed E-state index contributed by atoms with van der Waals surface area (Å²) in [6, 6.07) is 17.3. The third-order valence-electron chi connectivity index (χ3n) is 5.09. The van der Waals surface area contributed by atoms with E-state index in [1.54, 1.807) is 31.3 Å². The van der Waals surface area contributed by atoms with Crippen LogP contribution in [0.25, 0.3) is 0 Å². The standard InChI is InChI=1S/C24H28N2O5S/c1-4-30-21-11-13-23(14-12-21)32(28,29)26(17-22-10-7-15-31-22)18-24(27)25(3)16-20-9-6-5-8-19(20)2/h5-15H,4,16-18H2,1-3H3. The van der Waals surface area contributed by atoms with E-state index in [-0.39, 0.29) is 23.9 Å². The van der Waals surface area contributed by atoms with Gasteiger partial charge in [-0.15, -0.1) is 0 Å². The lowest BCUT2D eigenvalue weighted by Gasteiger charge is -2.25. The molecule has 0 N–H and O–H groups in total. The third kappa shape index (κ3) is 5.77. The van der Waals surface area contributed by atoms with Crippen LogP contribution in [0.4, 0.5) is 0 Å². The summed E-state index contributed by atoms with van der Waals surface area (Å²) in [5.41, 5.74) is 2.08. The van der Waals surface area contributed by atoms with Crippen LogP contribution in [0, 0.1) is 6.92 Å². The minimum Gasteiger partial charge on any atom is -0.494 e. The number of benzene rings is 2. The number of carbonyl (C=O) groups excluding carboxylic acids is 1. The monoisotopic (exact) mass is 456 g/mol. The molecular formula is C24H28N2O5S. The first-order valence-electron chi connectivity index (χ1n) is 10.3. The number of likely N-dealkylation sites (N-methyl/N-ethyl adjacent to an activating group) is 1. The molecule has 7 nitrogen and oxygen atoms in total. The van der Waals surface area contributed by atoms with Crippen molar-refractivity contribution in [3.05, 3.63) is 83.8 Å². The summed E-state index contributed by atoms with van der Waals surface area (Å²) in [4.78, 5) is 14.6. The van der Waals surface area contributed by atoms with Crippen LogP contribution in [-0.4, -0.2) is 43.7 Å². The zero-order chi connectivity index (χ0) is 23.1. The number of sulfonamides is 1. The molecule has 8 heteroatoms. The molecule has 1 amide bonds. The maximum atomic E-state index is 13.4. The molecule has 32 heavy (non-hydrogen) atoms. The van der Waals surface area contributed by atoms with Crippen molar-refractivity contribution in [2.75, 3.05) is 20.2 Å². The van der Waals surface area contributed by atoms with E-state index < -0.39 is 10.0 Å². The van der Waals surface area contributed by atoms with Gasteiger partial charge in [-0.2, -0.15) is 4.31 Å². The maximum absolute atomic E-state index is 13.4. The molecule has 0 aliphatic rings. The lowest BCUT2D eigenvalue weighted by atomic mass is 10.1. The molecule has 1 aromatic heterocycles. The number of rotatable bonds is 10. The average molecular weight is 457 g/mol. The van der Waals surface area contributed by atoms with Crippen molar-refractivity contribution in [3.63, 3.8) is 0 Å². The van der Waals surface area contributed by atoms with Gasteiger partial charge in [0.2, 0.25) is 15.9 Å². The van der Waals surface area contributed by atoms with Crippen molar-refractivity contribution in [3.8, 4) is 5.75 Å². The minimum atomic E-state index is -3.95. The number of hydrogen-bond donors (Lipinski definition) is 0. The van der Waals surface area contributed by atoms with Gasteiger partial charge in [-0.3, -0.25) is 4.79 Å². The van der Waals surface area contributed by atoms with Gasteiger partial charge in [0.05, 0.1) is 30.9 Å². The molecule has 0 fully saturated rings. The summed E-state index contributed by atoms with van der Waals surface area (Å²) in [5.74, 6) is 0.723. The molecule has 3 rings (SSSR count). The number of carbonyl (C=O) groups is 1. The normalized spacial score (nSPS) is 11.5. The van der Waals surface area contributed by atoms with Crippen LogP contribution in [0.3, 0.4) is 0 Å². The number of furan rings is 1. The van der Waals surface area contributed by atoms with Crippen molar-refractivity contribution >= 4 is 15.9 Å². The zero-order valence-corrected chi connectivity index (χ0v) is 19.3.